The highest BCUT2D eigenvalue weighted by molar-refractivity contribution is 9.10. The maximum Gasteiger partial charge on any atom is 0.0931 e. The second-order valence-electron chi connectivity index (χ2n) is 3.00. The first-order chi connectivity index (χ1) is 7.22. The van der Waals surface area contributed by atoms with E-state index in [1.807, 2.05) is 13.1 Å². The van der Waals surface area contributed by atoms with Crippen molar-refractivity contribution < 1.29 is 0 Å². The minimum Gasteiger partial charge on any atom is -0.308 e. The first-order valence-corrected chi connectivity index (χ1v) is 7.24. The zero-order valence-electron chi connectivity index (χ0n) is 7.96. The molecule has 0 spiro atoms. The lowest BCUT2D eigenvalue weighted by Crippen LogP contribution is -2.15. The lowest BCUT2D eigenvalue weighted by molar-refractivity contribution is 0.714. The predicted molar refractivity (Wildman–Crippen MR) is 72.3 cm³/mol. The van der Waals surface area contributed by atoms with Crippen LogP contribution in [0.5, 0.6) is 0 Å². The Bertz CT molecular complexity index is 452. The quantitative estimate of drug-likeness (QED) is 0.875. The van der Waals surface area contributed by atoms with Gasteiger partial charge in [-0.05, 0) is 46.6 Å². The fourth-order valence-corrected chi connectivity index (χ4v) is 4.38. The van der Waals surface area contributed by atoms with Gasteiger partial charge in [0, 0.05) is 14.2 Å². The molecule has 0 aliphatic rings. The van der Waals surface area contributed by atoms with Crippen LogP contribution in [0.4, 0.5) is 0 Å². The molecule has 0 bridgehead atoms. The van der Waals surface area contributed by atoms with Crippen LogP contribution in [-0.4, -0.2) is 7.05 Å². The van der Waals surface area contributed by atoms with Crippen LogP contribution in [0.25, 0.3) is 0 Å². The Hall–Kier alpha value is 0.130. The van der Waals surface area contributed by atoms with Gasteiger partial charge in [-0.2, -0.15) is 0 Å². The number of hydrogen-bond acceptors (Lipinski definition) is 3. The Morgan fingerprint density at radius 1 is 1.40 bits per heavy atom. The normalized spacial score (nSPS) is 13.0. The highest BCUT2D eigenvalue weighted by atomic mass is 79.9. The van der Waals surface area contributed by atoms with E-state index in [1.165, 1.54) is 9.75 Å². The summed E-state index contributed by atoms with van der Waals surface area (Å²) in [6, 6.07) is 6.31. The molecule has 80 valence electrons. The summed E-state index contributed by atoms with van der Waals surface area (Å²) in [7, 11) is 1.96. The average molecular weight is 323 g/mol. The first-order valence-electron chi connectivity index (χ1n) is 4.37. The molecule has 1 N–H and O–H groups in total. The van der Waals surface area contributed by atoms with Crippen LogP contribution in [0, 0.1) is 0 Å². The van der Waals surface area contributed by atoms with Gasteiger partial charge in [0.25, 0.3) is 0 Å². The summed E-state index contributed by atoms with van der Waals surface area (Å²) in [6.07, 6.45) is 0. The second-order valence-corrected chi connectivity index (χ2v) is 6.55. The molecule has 5 heteroatoms. The summed E-state index contributed by atoms with van der Waals surface area (Å²) in [4.78, 5) is 2.53. The van der Waals surface area contributed by atoms with E-state index in [4.69, 9.17) is 11.6 Å². The van der Waals surface area contributed by atoms with Crippen LogP contribution in [0.1, 0.15) is 15.8 Å². The van der Waals surface area contributed by atoms with Gasteiger partial charge in [-0.25, -0.2) is 0 Å². The number of hydrogen-bond donors (Lipinski definition) is 1. The third kappa shape index (κ3) is 2.45. The molecule has 1 nitrogen and oxygen atoms in total. The SMILES string of the molecule is CNC(c1ccc(Cl)s1)c1sccc1Br. The molecule has 15 heavy (non-hydrogen) atoms. The van der Waals surface area contributed by atoms with Crippen molar-refractivity contribution in [2.24, 2.45) is 0 Å². The van der Waals surface area contributed by atoms with Crippen molar-refractivity contribution in [1.82, 2.24) is 5.32 Å². The molecule has 2 aromatic heterocycles. The fourth-order valence-electron chi connectivity index (χ4n) is 1.40. The van der Waals surface area contributed by atoms with Crippen molar-refractivity contribution in [3.63, 3.8) is 0 Å². The van der Waals surface area contributed by atoms with E-state index < -0.39 is 0 Å². The second kappa shape index (κ2) is 4.97. The maximum atomic E-state index is 5.95. The van der Waals surface area contributed by atoms with Gasteiger partial charge in [-0.1, -0.05) is 11.6 Å². The van der Waals surface area contributed by atoms with Crippen LogP contribution >= 0.6 is 50.2 Å². The number of rotatable bonds is 3. The van der Waals surface area contributed by atoms with Crippen LogP contribution < -0.4 is 5.32 Å². The van der Waals surface area contributed by atoms with Crippen molar-refractivity contribution in [3.05, 3.63) is 42.1 Å². The average Bonchev–Trinajstić information content (AvgIpc) is 2.79. The molecule has 1 unspecified atom stereocenters. The Labute approximate surface area is 110 Å². The van der Waals surface area contributed by atoms with Crippen molar-refractivity contribution >= 4 is 50.2 Å². The topological polar surface area (TPSA) is 12.0 Å². The van der Waals surface area contributed by atoms with Crippen molar-refractivity contribution in [2.45, 2.75) is 6.04 Å². The molecule has 0 amide bonds. The summed E-state index contributed by atoms with van der Waals surface area (Å²) in [5, 5.41) is 5.39. The van der Waals surface area contributed by atoms with Crippen LogP contribution in [0.2, 0.25) is 4.34 Å². The van der Waals surface area contributed by atoms with Gasteiger partial charge in [-0.3, -0.25) is 0 Å². The van der Waals surface area contributed by atoms with Gasteiger partial charge in [0.2, 0.25) is 0 Å². The summed E-state index contributed by atoms with van der Waals surface area (Å²) >= 11 is 12.9. The van der Waals surface area contributed by atoms with Crippen LogP contribution in [0.15, 0.2) is 28.1 Å². The van der Waals surface area contributed by atoms with E-state index in [9.17, 15) is 0 Å². The summed E-state index contributed by atoms with van der Waals surface area (Å²) in [5.41, 5.74) is 0. The fraction of sp³-hybridized carbons (Fsp3) is 0.200. The Morgan fingerprint density at radius 3 is 2.67 bits per heavy atom. The highest BCUT2D eigenvalue weighted by Crippen LogP contribution is 2.36. The minimum absolute atomic E-state index is 0.233. The highest BCUT2D eigenvalue weighted by Gasteiger charge is 2.17. The molecular formula is C10H9BrClNS2. The first kappa shape index (κ1) is 11.6. The number of thiophene rings is 2. The monoisotopic (exact) mass is 321 g/mol. The molecule has 0 fully saturated rings. The zero-order valence-corrected chi connectivity index (χ0v) is 11.9. The minimum atomic E-state index is 0.233. The van der Waals surface area contributed by atoms with Gasteiger partial charge >= 0.3 is 0 Å². The molecule has 2 heterocycles. The number of nitrogens with one attached hydrogen (secondary N) is 1. The summed E-state index contributed by atoms with van der Waals surface area (Å²) < 4.78 is 1.98. The largest absolute Gasteiger partial charge is 0.308 e. The van der Waals surface area contributed by atoms with Crippen LogP contribution in [0.3, 0.4) is 0 Å². The van der Waals surface area contributed by atoms with Gasteiger partial charge < -0.3 is 5.32 Å². The Balaban J connectivity index is 2.36. The number of halogens is 2. The van der Waals surface area contributed by atoms with Gasteiger partial charge in [-0.15, -0.1) is 22.7 Å². The molecule has 2 aromatic rings. The lowest BCUT2D eigenvalue weighted by atomic mass is 10.2. The zero-order chi connectivity index (χ0) is 10.8. The summed E-state index contributed by atoms with van der Waals surface area (Å²) in [6.45, 7) is 0. The molecule has 2 rings (SSSR count). The van der Waals surface area contributed by atoms with Crippen molar-refractivity contribution in [3.8, 4) is 0 Å². The third-order valence-corrected chi connectivity index (χ3v) is 5.31. The standard InChI is InChI=1S/C10H9BrClNS2/c1-13-9(7-2-3-8(12)15-7)10-6(11)4-5-14-10/h2-5,9,13H,1H3. The molecular weight excluding hydrogens is 314 g/mol. The molecule has 1 atom stereocenters. The molecule has 0 aromatic carbocycles. The maximum absolute atomic E-state index is 5.95. The molecule has 0 aliphatic carbocycles. The predicted octanol–water partition coefficient (Wildman–Crippen LogP) is 4.53. The molecule has 0 aliphatic heterocycles. The van der Waals surface area contributed by atoms with E-state index >= 15 is 0 Å². The summed E-state index contributed by atoms with van der Waals surface area (Å²) in [5.74, 6) is 0. The lowest BCUT2D eigenvalue weighted by Gasteiger charge is -2.13. The smallest absolute Gasteiger partial charge is 0.0931 e. The van der Waals surface area contributed by atoms with Gasteiger partial charge in [0.1, 0.15) is 0 Å². The molecule has 0 radical (unpaired) electrons. The van der Waals surface area contributed by atoms with E-state index in [0.29, 0.717) is 0 Å². The third-order valence-electron chi connectivity index (χ3n) is 2.07. The Kier molecular flexibility index (Phi) is 3.85. The van der Waals surface area contributed by atoms with Gasteiger partial charge in [0.15, 0.2) is 0 Å². The van der Waals surface area contributed by atoms with Crippen LogP contribution in [-0.2, 0) is 0 Å². The van der Waals surface area contributed by atoms with Crippen molar-refractivity contribution in [1.29, 1.82) is 0 Å². The van der Waals surface area contributed by atoms with E-state index in [-0.39, 0.29) is 6.04 Å². The molecule has 0 saturated carbocycles. The van der Waals surface area contributed by atoms with Crippen molar-refractivity contribution in [2.75, 3.05) is 7.05 Å². The van der Waals surface area contributed by atoms with Gasteiger partial charge in [0.05, 0.1) is 10.4 Å². The Morgan fingerprint density at radius 2 is 2.20 bits per heavy atom. The molecule has 0 saturated heterocycles. The van der Waals surface area contributed by atoms with E-state index in [2.05, 4.69) is 38.8 Å². The van der Waals surface area contributed by atoms with E-state index in [0.717, 1.165) is 8.81 Å². The van der Waals surface area contributed by atoms with E-state index in [1.54, 1.807) is 22.7 Å².